The van der Waals surface area contributed by atoms with E-state index < -0.39 is 24.3 Å². The first kappa shape index (κ1) is 10.3. The first-order valence-electron chi connectivity index (χ1n) is 2.42. The van der Waals surface area contributed by atoms with Crippen molar-refractivity contribution >= 4 is 0 Å². The molecule has 66 valence electrons. The summed E-state index contributed by atoms with van der Waals surface area (Å²) in [7, 11) is 0. The van der Waals surface area contributed by atoms with Crippen molar-refractivity contribution < 1.29 is 26.3 Å². The molecule has 0 heterocycles. The molecule has 0 atom stereocenters. The highest BCUT2D eigenvalue weighted by molar-refractivity contribution is 5.13. The van der Waals surface area contributed by atoms with Gasteiger partial charge in [0.05, 0.1) is 5.57 Å². The number of halogens is 6. The molecule has 0 saturated carbocycles. The van der Waals surface area contributed by atoms with Crippen molar-refractivity contribution in [1.29, 1.82) is 0 Å². The van der Waals surface area contributed by atoms with E-state index in [0.717, 1.165) is 0 Å². The molecule has 0 amide bonds. The van der Waals surface area contributed by atoms with E-state index in [0.29, 0.717) is 0 Å². The Hall–Kier alpha value is -0.680. The molecule has 0 aromatic heterocycles. The minimum Gasteiger partial charge on any atom is -0.244 e. The molecule has 0 bridgehead atoms. The molecule has 0 aliphatic rings. The maximum absolute atomic E-state index is 11.8. The Labute approximate surface area is 58.5 Å². The van der Waals surface area contributed by atoms with Crippen LogP contribution in [-0.2, 0) is 0 Å². The summed E-state index contributed by atoms with van der Waals surface area (Å²) in [6.07, 6.45) is -5.24. The monoisotopic (exact) mass is 178 g/mol. The zero-order valence-electron chi connectivity index (χ0n) is 5.18. The van der Waals surface area contributed by atoms with Crippen molar-refractivity contribution in [2.75, 3.05) is 6.67 Å². The molecule has 11 heavy (non-hydrogen) atoms. The van der Waals surface area contributed by atoms with Gasteiger partial charge in [0.1, 0.15) is 0 Å². The molecule has 0 aliphatic heterocycles. The van der Waals surface area contributed by atoms with Crippen molar-refractivity contribution in [2.45, 2.75) is 12.1 Å². The molecule has 6 heteroatoms. The van der Waals surface area contributed by atoms with Crippen LogP contribution in [0.3, 0.4) is 0 Å². The second-order valence-corrected chi connectivity index (χ2v) is 1.81. The molecule has 0 aromatic carbocycles. The van der Waals surface area contributed by atoms with Crippen LogP contribution in [0, 0.1) is 0 Å². The van der Waals surface area contributed by atoms with Gasteiger partial charge in [-0.2, -0.15) is 22.0 Å². The van der Waals surface area contributed by atoms with Crippen molar-refractivity contribution in [3.05, 3.63) is 12.2 Å². The van der Waals surface area contributed by atoms with Crippen LogP contribution in [0.5, 0.6) is 0 Å². The molecule has 0 saturated heterocycles. The topological polar surface area (TPSA) is 0 Å². The van der Waals surface area contributed by atoms with Gasteiger partial charge in [0.2, 0.25) is 0 Å². The van der Waals surface area contributed by atoms with Crippen LogP contribution in [0.2, 0.25) is 0 Å². The zero-order chi connectivity index (χ0) is 9.28. The minimum atomic E-state index is -5.24. The molecule has 0 spiro atoms. The van der Waals surface area contributed by atoms with E-state index in [9.17, 15) is 26.3 Å². The molecule has 0 nitrogen and oxygen atoms in total. The third kappa shape index (κ3) is 2.44. The first-order chi connectivity index (χ1) is 4.72. The Morgan fingerprint density at radius 3 is 1.55 bits per heavy atom. The van der Waals surface area contributed by atoms with Crippen LogP contribution < -0.4 is 0 Å². The smallest absolute Gasteiger partial charge is 0.244 e. The van der Waals surface area contributed by atoms with Crippen LogP contribution >= 0.6 is 0 Å². The molecule has 0 N–H and O–H groups in total. The summed E-state index contributed by atoms with van der Waals surface area (Å²) in [6.45, 7) is -0.330. The highest BCUT2D eigenvalue weighted by Gasteiger charge is 2.48. The van der Waals surface area contributed by atoms with Gasteiger partial charge in [-0.3, -0.25) is 0 Å². The molecular formula is C5H4F6. The van der Waals surface area contributed by atoms with Crippen molar-refractivity contribution in [3.8, 4) is 0 Å². The Balaban J connectivity index is 4.50. The zero-order valence-corrected chi connectivity index (χ0v) is 5.18. The van der Waals surface area contributed by atoms with E-state index >= 15 is 0 Å². The second-order valence-electron chi connectivity index (χ2n) is 1.81. The molecule has 0 aromatic rings. The van der Waals surface area contributed by atoms with Gasteiger partial charge in [0.25, 0.3) is 0 Å². The first-order valence-corrected chi connectivity index (χ1v) is 2.42. The molecule has 0 radical (unpaired) electrons. The predicted octanol–water partition coefficient (Wildman–Crippen LogP) is 2.71. The summed E-state index contributed by atoms with van der Waals surface area (Å²) in [5, 5.41) is 0. The van der Waals surface area contributed by atoms with Gasteiger partial charge in [-0.15, -0.1) is 0 Å². The van der Waals surface area contributed by atoms with E-state index in [1.165, 1.54) is 0 Å². The normalized spacial score (nSPS) is 13.3. The van der Waals surface area contributed by atoms with Crippen molar-refractivity contribution in [1.82, 2.24) is 0 Å². The standard InChI is InChI=1S/C5H4F6/c1-3(5(9,10)11)4(7,8)2-6/h1-2H2. The Morgan fingerprint density at radius 1 is 1.09 bits per heavy atom. The average molecular weight is 178 g/mol. The molecular weight excluding hydrogens is 174 g/mol. The van der Waals surface area contributed by atoms with Crippen LogP contribution in [-0.4, -0.2) is 18.8 Å². The Kier molecular flexibility index (Phi) is 2.58. The quantitative estimate of drug-likeness (QED) is 0.450. The summed E-state index contributed by atoms with van der Waals surface area (Å²) in [6, 6.07) is 0. The molecule has 0 rings (SSSR count). The maximum atomic E-state index is 11.8. The van der Waals surface area contributed by atoms with Crippen LogP contribution in [0.25, 0.3) is 0 Å². The van der Waals surface area contributed by atoms with E-state index in [4.69, 9.17) is 0 Å². The van der Waals surface area contributed by atoms with Gasteiger partial charge in [-0.05, 0) is 0 Å². The number of hydrogen-bond acceptors (Lipinski definition) is 0. The number of alkyl halides is 6. The lowest BCUT2D eigenvalue weighted by atomic mass is 10.1. The summed E-state index contributed by atoms with van der Waals surface area (Å²) in [4.78, 5) is 0. The largest absolute Gasteiger partial charge is 0.417 e. The van der Waals surface area contributed by atoms with Gasteiger partial charge in [0, 0.05) is 0 Å². The fraction of sp³-hybridized carbons (Fsp3) is 0.600. The maximum Gasteiger partial charge on any atom is 0.417 e. The van der Waals surface area contributed by atoms with E-state index in [2.05, 4.69) is 6.58 Å². The van der Waals surface area contributed by atoms with Crippen molar-refractivity contribution in [3.63, 3.8) is 0 Å². The van der Waals surface area contributed by atoms with Gasteiger partial charge >= 0.3 is 12.1 Å². The molecule has 0 fully saturated rings. The number of hydrogen-bond donors (Lipinski definition) is 0. The predicted molar refractivity (Wildman–Crippen MR) is 26.1 cm³/mol. The summed E-state index contributed by atoms with van der Waals surface area (Å²) >= 11 is 0. The van der Waals surface area contributed by atoms with Gasteiger partial charge in [-0.1, -0.05) is 6.58 Å². The fourth-order valence-corrected chi connectivity index (χ4v) is 0.288. The molecule has 0 aliphatic carbocycles. The Bertz CT molecular complexity index is 155. The third-order valence-corrected chi connectivity index (χ3v) is 0.952. The lowest BCUT2D eigenvalue weighted by Gasteiger charge is -2.17. The lowest BCUT2D eigenvalue weighted by Crippen LogP contribution is -2.31. The van der Waals surface area contributed by atoms with Gasteiger partial charge in [0.15, 0.2) is 6.67 Å². The van der Waals surface area contributed by atoms with E-state index in [1.54, 1.807) is 0 Å². The highest BCUT2D eigenvalue weighted by atomic mass is 19.4. The highest BCUT2D eigenvalue weighted by Crippen LogP contribution is 2.36. The minimum absolute atomic E-state index is 2.05. The van der Waals surface area contributed by atoms with E-state index in [1.807, 2.05) is 0 Å². The van der Waals surface area contributed by atoms with Crippen LogP contribution in [0.1, 0.15) is 0 Å². The average Bonchev–Trinajstić information content (AvgIpc) is 1.84. The molecule has 0 unspecified atom stereocenters. The second kappa shape index (κ2) is 2.75. The summed E-state index contributed by atoms with van der Waals surface area (Å²) < 4.78 is 69.1. The lowest BCUT2D eigenvalue weighted by molar-refractivity contribution is -0.132. The Morgan fingerprint density at radius 2 is 1.45 bits per heavy atom. The third-order valence-electron chi connectivity index (χ3n) is 0.952. The van der Waals surface area contributed by atoms with Gasteiger partial charge in [-0.25, -0.2) is 4.39 Å². The summed E-state index contributed by atoms with van der Waals surface area (Å²) in [5.74, 6) is -4.50. The van der Waals surface area contributed by atoms with Crippen LogP contribution in [0.15, 0.2) is 12.2 Å². The van der Waals surface area contributed by atoms with Crippen LogP contribution in [0.4, 0.5) is 26.3 Å². The number of rotatable bonds is 2. The van der Waals surface area contributed by atoms with Gasteiger partial charge < -0.3 is 0 Å². The fourth-order valence-electron chi connectivity index (χ4n) is 0.288. The van der Waals surface area contributed by atoms with E-state index in [-0.39, 0.29) is 0 Å². The SMILES string of the molecule is C=C(C(F)(F)F)C(F)(F)CF. The number of allylic oxidation sites excluding steroid dienone is 1. The summed E-state index contributed by atoms with van der Waals surface area (Å²) in [5.41, 5.74) is -2.35. The van der Waals surface area contributed by atoms with Crippen molar-refractivity contribution in [2.24, 2.45) is 0 Å².